The van der Waals surface area contributed by atoms with Gasteiger partial charge in [-0.05, 0) is 13.8 Å². The summed E-state index contributed by atoms with van der Waals surface area (Å²) in [7, 11) is 0. The molecular weight excluding hydrogens is 118 g/mol. The van der Waals surface area contributed by atoms with E-state index in [0.717, 1.165) is 0 Å². The highest BCUT2D eigenvalue weighted by Gasteiger charge is 1.99. The Labute approximate surface area is 54.7 Å². The molecule has 0 aromatic rings. The van der Waals surface area contributed by atoms with Gasteiger partial charge in [-0.3, -0.25) is 0 Å². The van der Waals surface area contributed by atoms with Gasteiger partial charge in [0.1, 0.15) is 0 Å². The molecule has 52 valence electrons. The molecule has 0 aliphatic carbocycles. The van der Waals surface area contributed by atoms with Crippen LogP contribution in [0.25, 0.3) is 0 Å². The maximum Gasteiger partial charge on any atom is 0.351 e. The molecule has 0 aromatic carbocycles. The predicted molar refractivity (Wildman–Crippen MR) is 34.6 cm³/mol. The fourth-order valence-electron chi connectivity index (χ4n) is 0.225. The summed E-state index contributed by atoms with van der Waals surface area (Å²) in [6.07, 6.45) is 0. The number of carbonyl (C=O) groups excluding carboxylic acids is 1. The van der Waals surface area contributed by atoms with Gasteiger partial charge in [-0.2, -0.15) is 5.48 Å². The molecule has 0 heterocycles. The molecule has 0 aromatic heterocycles. The molecule has 0 bridgehead atoms. The van der Waals surface area contributed by atoms with E-state index < -0.39 is 5.97 Å². The Morgan fingerprint density at radius 3 is 2.67 bits per heavy atom. The monoisotopic (exact) mass is 129 g/mol. The molecule has 1 N–H and O–H groups in total. The number of hydrogen-bond donors (Lipinski definition) is 1. The maximum atomic E-state index is 10.5. The van der Waals surface area contributed by atoms with Gasteiger partial charge in [-0.1, -0.05) is 6.58 Å². The van der Waals surface area contributed by atoms with Crippen molar-refractivity contribution >= 4 is 5.97 Å². The average molecular weight is 129 g/mol. The highest BCUT2D eigenvalue weighted by molar-refractivity contribution is 5.86. The van der Waals surface area contributed by atoms with Crippen molar-refractivity contribution in [2.75, 3.05) is 6.54 Å². The first kappa shape index (κ1) is 8.17. The number of nitrogens with one attached hydrogen (secondary N) is 1. The second-order valence-corrected chi connectivity index (χ2v) is 1.67. The van der Waals surface area contributed by atoms with Crippen molar-refractivity contribution < 1.29 is 9.63 Å². The summed E-state index contributed by atoms with van der Waals surface area (Å²) in [5.41, 5.74) is 2.82. The molecule has 0 saturated heterocycles. The van der Waals surface area contributed by atoms with Crippen LogP contribution in [0, 0.1) is 0 Å². The molecular formula is C6H11NO2. The van der Waals surface area contributed by atoms with Crippen molar-refractivity contribution in [3.63, 3.8) is 0 Å². The van der Waals surface area contributed by atoms with Gasteiger partial charge in [0.05, 0.1) is 0 Å². The normalized spacial score (nSPS) is 8.67. The molecule has 0 radical (unpaired) electrons. The van der Waals surface area contributed by atoms with Gasteiger partial charge in [-0.15, -0.1) is 0 Å². The second kappa shape index (κ2) is 4.09. The molecule has 0 fully saturated rings. The van der Waals surface area contributed by atoms with Gasteiger partial charge >= 0.3 is 5.97 Å². The maximum absolute atomic E-state index is 10.5. The summed E-state index contributed by atoms with van der Waals surface area (Å²) in [4.78, 5) is 15.0. The SMILES string of the molecule is C=C(C)C(=O)ONCC. The third-order valence-electron chi connectivity index (χ3n) is 0.658. The molecule has 0 rings (SSSR count). The first-order valence-corrected chi connectivity index (χ1v) is 2.78. The standard InChI is InChI=1S/C6H11NO2/c1-4-7-9-6(8)5(2)3/h7H,2,4H2,1,3H3. The number of hydroxylamine groups is 1. The Hall–Kier alpha value is -0.830. The van der Waals surface area contributed by atoms with Gasteiger partial charge in [0.2, 0.25) is 0 Å². The first-order chi connectivity index (χ1) is 4.18. The van der Waals surface area contributed by atoms with Gasteiger partial charge < -0.3 is 4.84 Å². The highest BCUT2D eigenvalue weighted by Crippen LogP contribution is 1.87. The minimum atomic E-state index is -0.406. The predicted octanol–water partition coefficient (Wildman–Crippen LogP) is 0.630. The third-order valence-corrected chi connectivity index (χ3v) is 0.658. The van der Waals surface area contributed by atoms with E-state index in [1.807, 2.05) is 6.92 Å². The van der Waals surface area contributed by atoms with Gasteiger partial charge in [0.15, 0.2) is 0 Å². The lowest BCUT2D eigenvalue weighted by Gasteiger charge is -2.00. The van der Waals surface area contributed by atoms with E-state index in [-0.39, 0.29) is 0 Å². The van der Waals surface area contributed by atoms with Crippen LogP contribution < -0.4 is 5.48 Å². The summed E-state index contributed by atoms with van der Waals surface area (Å²) < 4.78 is 0. The van der Waals surface area contributed by atoms with E-state index >= 15 is 0 Å². The Bertz CT molecular complexity index is 120. The van der Waals surface area contributed by atoms with E-state index in [2.05, 4.69) is 16.9 Å². The third kappa shape index (κ3) is 3.73. The van der Waals surface area contributed by atoms with Crippen LogP contribution in [0.2, 0.25) is 0 Å². The van der Waals surface area contributed by atoms with Crippen molar-refractivity contribution in [1.29, 1.82) is 0 Å². The Morgan fingerprint density at radius 2 is 2.33 bits per heavy atom. The zero-order valence-electron chi connectivity index (χ0n) is 5.73. The van der Waals surface area contributed by atoms with Crippen molar-refractivity contribution in [2.45, 2.75) is 13.8 Å². The molecule has 0 spiro atoms. The number of hydrogen-bond acceptors (Lipinski definition) is 3. The molecule has 3 nitrogen and oxygen atoms in total. The molecule has 0 amide bonds. The summed E-state index contributed by atoms with van der Waals surface area (Å²) in [5, 5.41) is 0. The van der Waals surface area contributed by atoms with Gasteiger partial charge in [0, 0.05) is 12.1 Å². The first-order valence-electron chi connectivity index (χ1n) is 2.78. The fraction of sp³-hybridized carbons (Fsp3) is 0.500. The molecule has 3 heteroatoms. The molecule has 9 heavy (non-hydrogen) atoms. The lowest BCUT2D eigenvalue weighted by Crippen LogP contribution is -2.19. The van der Waals surface area contributed by atoms with Crippen LogP contribution in [0.3, 0.4) is 0 Å². The second-order valence-electron chi connectivity index (χ2n) is 1.67. The summed E-state index contributed by atoms with van der Waals surface area (Å²) in [5.74, 6) is -0.406. The van der Waals surface area contributed by atoms with Crippen LogP contribution in [-0.2, 0) is 9.63 Å². The average Bonchev–Trinajstić information content (AvgIpc) is 1.82. The van der Waals surface area contributed by atoms with Crippen molar-refractivity contribution in [3.05, 3.63) is 12.2 Å². The van der Waals surface area contributed by atoms with Crippen LogP contribution in [-0.4, -0.2) is 12.5 Å². The highest BCUT2D eigenvalue weighted by atomic mass is 16.7. The summed E-state index contributed by atoms with van der Waals surface area (Å²) in [6.45, 7) is 7.44. The smallest absolute Gasteiger partial charge is 0.351 e. The summed E-state index contributed by atoms with van der Waals surface area (Å²) >= 11 is 0. The van der Waals surface area contributed by atoms with Crippen molar-refractivity contribution in [3.8, 4) is 0 Å². The largest absolute Gasteiger partial charge is 0.367 e. The lowest BCUT2D eigenvalue weighted by atomic mass is 10.4. The lowest BCUT2D eigenvalue weighted by molar-refractivity contribution is -0.145. The number of rotatable bonds is 3. The van der Waals surface area contributed by atoms with Crippen molar-refractivity contribution in [1.82, 2.24) is 5.48 Å². The van der Waals surface area contributed by atoms with E-state index in [1.165, 1.54) is 0 Å². The van der Waals surface area contributed by atoms with Crippen LogP contribution in [0.5, 0.6) is 0 Å². The Kier molecular flexibility index (Phi) is 3.71. The molecule has 0 aliphatic heterocycles. The van der Waals surface area contributed by atoms with E-state index in [4.69, 9.17) is 0 Å². The van der Waals surface area contributed by atoms with Crippen LogP contribution in [0.1, 0.15) is 13.8 Å². The topological polar surface area (TPSA) is 38.3 Å². The van der Waals surface area contributed by atoms with Crippen molar-refractivity contribution in [2.24, 2.45) is 0 Å². The van der Waals surface area contributed by atoms with E-state index in [9.17, 15) is 4.79 Å². The van der Waals surface area contributed by atoms with Crippen LogP contribution in [0.15, 0.2) is 12.2 Å². The molecule has 0 aliphatic rings. The Morgan fingerprint density at radius 1 is 1.78 bits per heavy atom. The molecule has 0 atom stereocenters. The molecule has 0 unspecified atom stereocenters. The van der Waals surface area contributed by atoms with Crippen LogP contribution in [0.4, 0.5) is 0 Å². The van der Waals surface area contributed by atoms with E-state index in [0.29, 0.717) is 12.1 Å². The minimum Gasteiger partial charge on any atom is -0.367 e. The minimum absolute atomic E-state index is 0.399. The quantitative estimate of drug-likeness (QED) is 0.448. The number of carbonyl (C=O) groups is 1. The van der Waals surface area contributed by atoms with Crippen LogP contribution >= 0.6 is 0 Å². The van der Waals surface area contributed by atoms with E-state index in [1.54, 1.807) is 6.92 Å². The zero-order chi connectivity index (χ0) is 7.28. The van der Waals surface area contributed by atoms with Gasteiger partial charge in [-0.25, -0.2) is 4.79 Å². The fourth-order valence-corrected chi connectivity index (χ4v) is 0.225. The summed E-state index contributed by atoms with van der Waals surface area (Å²) in [6, 6.07) is 0. The van der Waals surface area contributed by atoms with Gasteiger partial charge in [0.25, 0.3) is 0 Å². The molecule has 0 saturated carbocycles. The zero-order valence-corrected chi connectivity index (χ0v) is 5.73. The Balaban J connectivity index is 3.39.